The number of thioether (sulfide) groups is 1. The van der Waals surface area contributed by atoms with E-state index in [1.165, 1.54) is 37.1 Å². The van der Waals surface area contributed by atoms with Crippen LogP contribution in [0, 0.1) is 5.82 Å². The third-order valence-electron chi connectivity index (χ3n) is 3.82. The Morgan fingerprint density at radius 3 is 2.64 bits per heavy atom. The Hall–Kier alpha value is -0.780. The van der Waals surface area contributed by atoms with Gasteiger partial charge in [-0.1, -0.05) is 6.92 Å². The van der Waals surface area contributed by atoms with E-state index < -0.39 is 6.10 Å². The van der Waals surface area contributed by atoms with Gasteiger partial charge >= 0.3 is 0 Å². The molecule has 1 aromatic rings. The summed E-state index contributed by atoms with van der Waals surface area (Å²) in [7, 11) is 0. The summed E-state index contributed by atoms with van der Waals surface area (Å²) in [6, 6.07) is 5.89. The first-order chi connectivity index (χ1) is 10.7. The molecule has 1 unspecified atom stereocenters. The van der Waals surface area contributed by atoms with Gasteiger partial charge in [0, 0.05) is 11.8 Å². The van der Waals surface area contributed by atoms with E-state index in [0.29, 0.717) is 12.3 Å². The Labute approximate surface area is 136 Å². The molecule has 1 atom stereocenters. The van der Waals surface area contributed by atoms with Crippen LogP contribution >= 0.6 is 11.8 Å². The van der Waals surface area contributed by atoms with Gasteiger partial charge in [0.1, 0.15) is 24.3 Å². The van der Waals surface area contributed by atoms with Crippen molar-refractivity contribution >= 4 is 11.8 Å². The number of halogens is 1. The van der Waals surface area contributed by atoms with E-state index in [4.69, 9.17) is 4.74 Å². The molecule has 0 spiro atoms. The Kier molecular flexibility index (Phi) is 7.49. The first-order valence-electron chi connectivity index (χ1n) is 8.07. The number of piperidine rings is 1. The minimum atomic E-state index is -0.509. The van der Waals surface area contributed by atoms with Crippen LogP contribution in [0.25, 0.3) is 0 Å². The van der Waals surface area contributed by atoms with E-state index in [1.807, 2.05) is 0 Å². The van der Waals surface area contributed by atoms with E-state index in [0.717, 1.165) is 18.3 Å². The quantitative estimate of drug-likeness (QED) is 0.795. The second-order valence-corrected chi connectivity index (χ2v) is 7.20. The highest BCUT2D eigenvalue weighted by molar-refractivity contribution is 7.99. The van der Waals surface area contributed by atoms with Crippen molar-refractivity contribution in [3.05, 3.63) is 30.1 Å². The van der Waals surface area contributed by atoms with Gasteiger partial charge in [-0.25, -0.2) is 4.39 Å². The van der Waals surface area contributed by atoms with E-state index in [9.17, 15) is 9.50 Å². The number of aliphatic hydroxyl groups excluding tert-OH is 1. The summed E-state index contributed by atoms with van der Waals surface area (Å²) < 4.78 is 18.3. The van der Waals surface area contributed by atoms with Crippen molar-refractivity contribution in [1.82, 2.24) is 4.90 Å². The highest BCUT2D eigenvalue weighted by Crippen LogP contribution is 2.24. The van der Waals surface area contributed by atoms with E-state index in [2.05, 4.69) is 23.6 Å². The molecule has 0 aromatic heterocycles. The van der Waals surface area contributed by atoms with E-state index >= 15 is 0 Å². The SMILES string of the molecule is CCCSC1CCN(CC(O)COc2ccc(F)cc2)CC1. The highest BCUT2D eigenvalue weighted by atomic mass is 32.2. The molecule has 0 aliphatic carbocycles. The molecular formula is C17H26FNO2S. The Balaban J connectivity index is 1.63. The average Bonchev–Trinajstić information content (AvgIpc) is 2.54. The fourth-order valence-corrected chi connectivity index (χ4v) is 3.73. The number of aliphatic hydroxyl groups is 1. The van der Waals surface area contributed by atoms with Crippen molar-refractivity contribution in [2.75, 3.05) is 32.0 Å². The monoisotopic (exact) mass is 327 g/mol. The van der Waals surface area contributed by atoms with Gasteiger partial charge in [-0.15, -0.1) is 0 Å². The fourth-order valence-electron chi connectivity index (χ4n) is 2.62. The maximum atomic E-state index is 12.8. The molecule has 1 aromatic carbocycles. The standard InChI is InChI=1S/C17H26FNO2S/c1-2-11-22-17-7-9-19(10-8-17)12-15(20)13-21-16-5-3-14(18)4-6-16/h3-6,15,17,20H,2,7-13H2,1H3. The van der Waals surface area contributed by atoms with Gasteiger partial charge in [0.2, 0.25) is 0 Å². The van der Waals surface area contributed by atoms with Crippen molar-refractivity contribution < 1.29 is 14.2 Å². The van der Waals surface area contributed by atoms with Crippen LogP contribution in [0.5, 0.6) is 5.75 Å². The molecule has 1 heterocycles. The number of rotatable bonds is 8. The normalized spacial score (nSPS) is 18.3. The second-order valence-electron chi connectivity index (χ2n) is 5.79. The zero-order valence-corrected chi connectivity index (χ0v) is 14.0. The summed E-state index contributed by atoms with van der Waals surface area (Å²) in [5.74, 6) is 1.56. The minimum absolute atomic E-state index is 0.246. The molecule has 3 nitrogen and oxygen atoms in total. The predicted molar refractivity (Wildman–Crippen MR) is 90.1 cm³/mol. The Morgan fingerprint density at radius 2 is 2.00 bits per heavy atom. The predicted octanol–water partition coefficient (Wildman–Crippen LogP) is 3.17. The van der Waals surface area contributed by atoms with Crippen LogP contribution in [0.15, 0.2) is 24.3 Å². The molecule has 1 saturated heterocycles. The number of ether oxygens (including phenoxy) is 1. The molecule has 1 aliphatic heterocycles. The molecular weight excluding hydrogens is 301 g/mol. The number of benzene rings is 1. The second kappa shape index (κ2) is 9.38. The maximum absolute atomic E-state index is 12.8. The van der Waals surface area contributed by atoms with Gasteiger partial charge in [0.25, 0.3) is 0 Å². The molecule has 0 amide bonds. The molecule has 22 heavy (non-hydrogen) atoms. The van der Waals surface area contributed by atoms with Crippen LogP contribution in [0.4, 0.5) is 4.39 Å². The number of β-amino-alcohol motifs (C(OH)–C–C–N with tert-alkyl or cyclic N) is 1. The third-order valence-corrected chi connectivity index (χ3v) is 5.40. The van der Waals surface area contributed by atoms with Crippen molar-refractivity contribution in [1.29, 1.82) is 0 Å². The van der Waals surface area contributed by atoms with E-state index in [-0.39, 0.29) is 12.4 Å². The van der Waals surface area contributed by atoms with Crippen molar-refractivity contribution in [3.8, 4) is 5.75 Å². The summed E-state index contributed by atoms with van der Waals surface area (Å²) >= 11 is 2.08. The van der Waals surface area contributed by atoms with Crippen LogP contribution in [-0.2, 0) is 0 Å². The Morgan fingerprint density at radius 1 is 1.32 bits per heavy atom. The largest absolute Gasteiger partial charge is 0.491 e. The van der Waals surface area contributed by atoms with Gasteiger partial charge in [0.05, 0.1) is 0 Å². The van der Waals surface area contributed by atoms with Crippen LogP contribution < -0.4 is 4.74 Å². The van der Waals surface area contributed by atoms with Crippen LogP contribution in [0.3, 0.4) is 0 Å². The molecule has 1 N–H and O–H groups in total. The summed E-state index contributed by atoms with van der Waals surface area (Å²) in [5.41, 5.74) is 0. The van der Waals surface area contributed by atoms with E-state index in [1.54, 1.807) is 12.1 Å². The lowest BCUT2D eigenvalue weighted by atomic mass is 10.1. The number of likely N-dealkylation sites (tertiary alicyclic amines) is 1. The van der Waals surface area contributed by atoms with Crippen molar-refractivity contribution in [2.45, 2.75) is 37.5 Å². The molecule has 5 heteroatoms. The zero-order chi connectivity index (χ0) is 15.8. The van der Waals surface area contributed by atoms with Gasteiger partial charge in [-0.3, -0.25) is 0 Å². The molecule has 1 aliphatic rings. The zero-order valence-electron chi connectivity index (χ0n) is 13.2. The van der Waals surface area contributed by atoms with Crippen LogP contribution in [0.1, 0.15) is 26.2 Å². The average molecular weight is 327 g/mol. The van der Waals surface area contributed by atoms with Crippen LogP contribution in [0.2, 0.25) is 0 Å². The smallest absolute Gasteiger partial charge is 0.123 e. The summed E-state index contributed by atoms with van der Waals surface area (Å²) in [4.78, 5) is 2.31. The first kappa shape index (κ1) is 17.6. The lowest BCUT2D eigenvalue weighted by Crippen LogP contribution is -2.41. The van der Waals surface area contributed by atoms with Crippen LogP contribution in [-0.4, -0.2) is 53.4 Å². The number of nitrogens with zero attached hydrogens (tertiary/aromatic N) is 1. The Bertz CT molecular complexity index is 421. The third kappa shape index (κ3) is 6.15. The van der Waals surface area contributed by atoms with Gasteiger partial charge in [0.15, 0.2) is 0 Å². The van der Waals surface area contributed by atoms with Crippen molar-refractivity contribution in [3.63, 3.8) is 0 Å². The number of hydrogen-bond acceptors (Lipinski definition) is 4. The fraction of sp³-hybridized carbons (Fsp3) is 0.647. The summed E-state index contributed by atoms with van der Waals surface area (Å²) in [6.45, 7) is 5.21. The van der Waals surface area contributed by atoms with Gasteiger partial charge < -0.3 is 14.7 Å². The van der Waals surface area contributed by atoms with Gasteiger partial charge in [-0.05, 0) is 62.4 Å². The molecule has 0 bridgehead atoms. The minimum Gasteiger partial charge on any atom is -0.491 e. The topological polar surface area (TPSA) is 32.7 Å². The lowest BCUT2D eigenvalue weighted by Gasteiger charge is -2.32. The summed E-state index contributed by atoms with van der Waals surface area (Å²) in [5, 5.41) is 10.9. The summed E-state index contributed by atoms with van der Waals surface area (Å²) in [6.07, 6.45) is 3.14. The lowest BCUT2D eigenvalue weighted by molar-refractivity contribution is 0.0623. The molecule has 0 radical (unpaired) electrons. The highest BCUT2D eigenvalue weighted by Gasteiger charge is 2.21. The maximum Gasteiger partial charge on any atom is 0.123 e. The molecule has 0 saturated carbocycles. The molecule has 2 rings (SSSR count). The molecule has 1 fully saturated rings. The van der Waals surface area contributed by atoms with Gasteiger partial charge in [-0.2, -0.15) is 11.8 Å². The number of hydrogen-bond donors (Lipinski definition) is 1. The van der Waals surface area contributed by atoms with Crippen molar-refractivity contribution in [2.24, 2.45) is 0 Å². The first-order valence-corrected chi connectivity index (χ1v) is 9.12. The molecule has 124 valence electrons.